The highest BCUT2D eigenvalue weighted by Gasteiger charge is 2.19. The molecule has 3 rings (SSSR count). The molecule has 1 aromatic heterocycles. The Labute approximate surface area is 162 Å². The number of amides is 2. The Morgan fingerprint density at radius 1 is 1.04 bits per heavy atom. The van der Waals surface area contributed by atoms with Crippen molar-refractivity contribution in [1.82, 2.24) is 10.9 Å². The van der Waals surface area contributed by atoms with Crippen molar-refractivity contribution in [3.8, 4) is 0 Å². The highest BCUT2D eigenvalue weighted by atomic mass is 32.1. The molecular formula is C20H23N3O3S. The molecule has 0 saturated carbocycles. The molecule has 0 unspecified atom stereocenters. The van der Waals surface area contributed by atoms with Crippen molar-refractivity contribution < 1.29 is 14.4 Å². The van der Waals surface area contributed by atoms with Gasteiger partial charge in [-0.05, 0) is 43.5 Å². The first-order valence-corrected chi connectivity index (χ1v) is 9.85. The Balaban J connectivity index is 1.41. The summed E-state index contributed by atoms with van der Waals surface area (Å²) in [5.74, 6) is -0.705. The maximum absolute atomic E-state index is 12.2. The van der Waals surface area contributed by atoms with Gasteiger partial charge in [0, 0.05) is 30.0 Å². The second-order valence-corrected chi connectivity index (χ2v) is 7.87. The topological polar surface area (TPSA) is 78.5 Å². The molecule has 0 atom stereocenters. The lowest BCUT2D eigenvalue weighted by Gasteiger charge is -2.30. The molecule has 0 radical (unpaired) electrons. The van der Waals surface area contributed by atoms with Gasteiger partial charge in [-0.3, -0.25) is 25.2 Å². The third kappa shape index (κ3) is 5.17. The van der Waals surface area contributed by atoms with Crippen LogP contribution < -0.4 is 15.8 Å². The minimum Gasteiger partial charge on any atom is -0.362 e. The summed E-state index contributed by atoms with van der Waals surface area (Å²) < 4.78 is 0. The summed E-state index contributed by atoms with van der Waals surface area (Å²) in [5, 5.41) is 0. The van der Waals surface area contributed by atoms with E-state index in [2.05, 4.69) is 16.9 Å². The molecule has 2 heterocycles. The third-order valence-corrected chi connectivity index (χ3v) is 5.52. The first kappa shape index (κ1) is 19.1. The van der Waals surface area contributed by atoms with Crippen LogP contribution in [0, 0.1) is 6.92 Å². The van der Waals surface area contributed by atoms with Gasteiger partial charge in [-0.15, -0.1) is 11.3 Å². The number of carbonyl (C=O) groups is 3. The molecule has 7 heteroatoms. The third-order valence-electron chi connectivity index (χ3n) is 4.48. The van der Waals surface area contributed by atoms with Crippen LogP contribution in [0.15, 0.2) is 36.4 Å². The number of aryl methyl sites for hydroxylation is 2. The molecule has 2 amide bonds. The first-order chi connectivity index (χ1) is 13.0. The lowest BCUT2D eigenvalue weighted by molar-refractivity contribution is -0.128. The molecule has 1 aliphatic rings. The van der Waals surface area contributed by atoms with Crippen LogP contribution in [-0.4, -0.2) is 30.7 Å². The fourth-order valence-corrected chi connectivity index (χ4v) is 3.96. The number of nitrogens with one attached hydrogen (secondary N) is 2. The quantitative estimate of drug-likeness (QED) is 0.592. The van der Waals surface area contributed by atoms with Crippen molar-refractivity contribution in [2.75, 3.05) is 18.0 Å². The molecule has 0 saturated heterocycles. The number of nitrogens with zero attached hydrogens (tertiary/aromatic N) is 1. The van der Waals surface area contributed by atoms with Crippen molar-refractivity contribution in [3.05, 3.63) is 51.7 Å². The van der Waals surface area contributed by atoms with Crippen molar-refractivity contribution >= 4 is 34.6 Å². The summed E-state index contributed by atoms with van der Waals surface area (Å²) in [6.07, 6.45) is 2.19. The van der Waals surface area contributed by atoms with E-state index in [9.17, 15) is 14.4 Å². The Kier molecular flexibility index (Phi) is 6.24. The standard InChI is InChI=1S/C20H23N3O3S/c1-14-8-10-18(27-14)17(24)9-11-19(25)21-22-20(26)13-23-12-4-6-15-5-2-3-7-16(15)23/h2-3,5,7-8,10H,4,6,9,11-13H2,1H3,(H,21,25)(H,22,26). The van der Waals surface area contributed by atoms with Crippen LogP contribution in [0.2, 0.25) is 0 Å². The fourth-order valence-electron chi connectivity index (χ4n) is 3.13. The van der Waals surface area contributed by atoms with Gasteiger partial charge < -0.3 is 4.90 Å². The van der Waals surface area contributed by atoms with Gasteiger partial charge in [0.1, 0.15) is 0 Å². The number of carbonyl (C=O) groups excluding carboxylic acids is 3. The summed E-state index contributed by atoms with van der Waals surface area (Å²) in [7, 11) is 0. The molecule has 0 fully saturated rings. The average Bonchev–Trinajstić information content (AvgIpc) is 3.11. The van der Waals surface area contributed by atoms with Crippen LogP contribution in [0.4, 0.5) is 5.69 Å². The zero-order valence-corrected chi connectivity index (χ0v) is 16.1. The number of hydrazine groups is 1. The summed E-state index contributed by atoms with van der Waals surface area (Å²) in [4.78, 5) is 39.8. The molecule has 6 nitrogen and oxygen atoms in total. The molecule has 0 spiro atoms. The van der Waals surface area contributed by atoms with Gasteiger partial charge in [0.15, 0.2) is 5.78 Å². The molecule has 0 aliphatic carbocycles. The number of hydrogen-bond acceptors (Lipinski definition) is 5. The second kappa shape index (κ2) is 8.81. The monoisotopic (exact) mass is 385 g/mol. The minimum absolute atomic E-state index is 0.0443. The normalized spacial score (nSPS) is 13.0. The Hall–Kier alpha value is -2.67. The van der Waals surface area contributed by atoms with Crippen LogP contribution in [-0.2, 0) is 16.0 Å². The van der Waals surface area contributed by atoms with Crippen LogP contribution in [0.5, 0.6) is 0 Å². The lowest BCUT2D eigenvalue weighted by Crippen LogP contribution is -2.47. The largest absolute Gasteiger partial charge is 0.362 e. The van der Waals surface area contributed by atoms with E-state index in [4.69, 9.17) is 0 Å². The van der Waals surface area contributed by atoms with Crippen molar-refractivity contribution in [2.24, 2.45) is 0 Å². The van der Waals surface area contributed by atoms with Gasteiger partial charge in [-0.1, -0.05) is 18.2 Å². The fraction of sp³-hybridized carbons (Fsp3) is 0.350. The zero-order valence-electron chi connectivity index (χ0n) is 15.3. The summed E-state index contributed by atoms with van der Waals surface area (Å²) >= 11 is 1.42. The van der Waals surface area contributed by atoms with Gasteiger partial charge in [0.2, 0.25) is 5.91 Å². The van der Waals surface area contributed by atoms with Gasteiger partial charge >= 0.3 is 0 Å². The summed E-state index contributed by atoms with van der Waals surface area (Å²) in [6.45, 7) is 2.93. The van der Waals surface area contributed by atoms with Gasteiger partial charge in [0.05, 0.1) is 11.4 Å². The smallest absolute Gasteiger partial charge is 0.257 e. The summed E-state index contributed by atoms with van der Waals surface area (Å²) in [5.41, 5.74) is 7.14. The molecule has 1 aliphatic heterocycles. The number of rotatable bonds is 6. The molecular weight excluding hydrogens is 362 g/mol. The molecule has 1 aromatic carbocycles. The van der Waals surface area contributed by atoms with E-state index in [0.717, 1.165) is 30.0 Å². The van der Waals surface area contributed by atoms with Gasteiger partial charge in [-0.25, -0.2) is 0 Å². The second-order valence-electron chi connectivity index (χ2n) is 6.58. The van der Waals surface area contributed by atoms with E-state index in [1.54, 1.807) is 6.07 Å². The zero-order chi connectivity index (χ0) is 19.2. The SMILES string of the molecule is Cc1ccc(C(=O)CCC(=O)NNC(=O)CN2CCCc3ccccc32)s1. The number of anilines is 1. The maximum Gasteiger partial charge on any atom is 0.257 e. The van der Waals surface area contributed by atoms with Crippen LogP contribution in [0.25, 0.3) is 0 Å². The van der Waals surface area contributed by atoms with Crippen molar-refractivity contribution in [3.63, 3.8) is 0 Å². The maximum atomic E-state index is 12.2. The molecule has 0 bridgehead atoms. The molecule has 2 aromatic rings. The van der Waals surface area contributed by atoms with Crippen LogP contribution in [0.3, 0.4) is 0 Å². The van der Waals surface area contributed by atoms with E-state index in [-0.39, 0.29) is 37.0 Å². The number of ketones is 1. The van der Waals surface area contributed by atoms with Crippen LogP contribution in [0.1, 0.15) is 39.4 Å². The number of hydrogen-bond donors (Lipinski definition) is 2. The Morgan fingerprint density at radius 2 is 1.81 bits per heavy atom. The first-order valence-electron chi connectivity index (χ1n) is 9.03. The highest BCUT2D eigenvalue weighted by molar-refractivity contribution is 7.14. The van der Waals surface area contributed by atoms with Crippen LogP contribution >= 0.6 is 11.3 Å². The predicted molar refractivity (Wildman–Crippen MR) is 106 cm³/mol. The predicted octanol–water partition coefficient (Wildman–Crippen LogP) is 2.62. The number of para-hydroxylation sites is 1. The number of fused-ring (bicyclic) bond motifs is 1. The number of thiophene rings is 1. The molecule has 2 N–H and O–H groups in total. The highest BCUT2D eigenvalue weighted by Crippen LogP contribution is 2.26. The Morgan fingerprint density at radius 3 is 2.59 bits per heavy atom. The van der Waals surface area contributed by atoms with E-state index in [1.165, 1.54) is 16.9 Å². The average molecular weight is 385 g/mol. The lowest BCUT2D eigenvalue weighted by atomic mass is 10.0. The summed E-state index contributed by atoms with van der Waals surface area (Å²) in [6, 6.07) is 11.7. The molecule has 142 valence electrons. The van der Waals surface area contributed by atoms with E-state index in [1.807, 2.05) is 36.1 Å². The van der Waals surface area contributed by atoms with Crippen molar-refractivity contribution in [2.45, 2.75) is 32.6 Å². The van der Waals surface area contributed by atoms with E-state index < -0.39 is 0 Å². The van der Waals surface area contributed by atoms with Crippen molar-refractivity contribution in [1.29, 1.82) is 0 Å². The van der Waals surface area contributed by atoms with E-state index >= 15 is 0 Å². The molecule has 27 heavy (non-hydrogen) atoms. The van der Waals surface area contributed by atoms with Gasteiger partial charge in [-0.2, -0.15) is 0 Å². The number of benzene rings is 1. The van der Waals surface area contributed by atoms with E-state index in [0.29, 0.717) is 4.88 Å². The number of Topliss-reactive ketones (excluding diaryl/α,β-unsaturated/α-hetero) is 1. The minimum atomic E-state index is -0.371. The van der Waals surface area contributed by atoms with Gasteiger partial charge in [0.25, 0.3) is 5.91 Å². The Bertz CT molecular complexity index is 847.